The summed E-state index contributed by atoms with van der Waals surface area (Å²) in [5.41, 5.74) is 0.906. The van der Waals surface area contributed by atoms with Gasteiger partial charge in [0.25, 0.3) is 0 Å². The zero-order valence-electron chi connectivity index (χ0n) is 58.8. The molecule has 0 heteroatoms. The molecule has 0 aliphatic heterocycles. The third kappa shape index (κ3) is 10.5. The summed E-state index contributed by atoms with van der Waals surface area (Å²) < 4.78 is 0. The molecule has 90 heavy (non-hydrogen) atoms. The third-order valence-electron chi connectivity index (χ3n) is 37.5. The topological polar surface area (TPSA) is 0 Å². The van der Waals surface area contributed by atoms with Crippen molar-refractivity contribution in [2.45, 2.75) is 340 Å². The van der Waals surface area contributed by atoms with Crippen molar-refractivity contribution in [3.63, 3.8) is 0 Å². The van der Waals surface area contributed by atoms with Gasteiger partial charge in [-0.05, 0) is 341 Å². The van der Waals surface area contributed by atoms with Gasteiger partial charge in [-0.3, -0.25) is 0 Å². The van der Waals surface area contributed by atoms with E-state index in [2.05, 4.69) is 12.2 Å². The highest BCUT2D eigenvalue weighted by atomic mass is 15.0. The lowest BCUT2D eigenvalue weighted by Crippen LogP contribution is -3.00. The first-order chi connectivity index (χ1) is 44.6. The first kappa shape index (κ1) is 60.9. The van der Waals surface area contributed by atoms with Gasteiger partial charge in [0.05, 0.1) is 0 Å². The summed E-state index contributed by atoms with van der Waals surface area (Å²) in [6, 6.07) is 0. The normalized spacial score (nSPS) is 57.4. The molecule has 0 nitrogen and oxygen atoms in total. The fraction of sp³-hybridized carbons (Fsp3) is 0.978. The number of hydrogen-bond acceptors (Lipinski definition) is 0. The van der Waals surface area contributed by atoms with Gasteiger partial charge < -0.3 is 0 Å². The van der Waals surface area contributed by atoms with Crippen LogP contribution in [-0.2, 0) is 0 Å². The first-order valence-corrected chi connectivity index (χ1v) is 44.3. The SMILES string of the molecule is C12C3C4C1C1C2C3C41.C1=CC2CCC1C2.C1C2C3C4C1C1C2C2C3C4C12.C1C2CC3C1C3C2.C1C2CC3CC1CC3C2.C1CC2CC3CCCC3(C1)C2.C1CCC2C3CCC2C(C1)C3.C1CCCC1.C1CCCCC1.C1CCCCCC1.C1CCCCCCC1. The second-order valence-electron chi connectivity index (χ2n) is 40.8. The van der Waals surface area contributed by atoms with Crippen molar-refractivity contribution in [3.05, 3.63) is 12.2 Å². The van der Waals surface area contributed by atoms with Crippen molar-refractivity contribution >= 4 is 0 Å². The molecular weight excluding hydrogens is 1080 g/mol. The van der Waals surface area contributed by atoms with E-state index in [4.69, 9.17) is 0 Å². The first-order valence-electron chi connectivity index (χ1n) is 44.3. The van der Waals surface area contributed by atoms with Crippen LogP contribution in [0.4, 0.5) is 0 Å². The van der Waals surface area contributed by atoms with E-state index in [0.717, 1.165) is 23.2 Å². The predicted molar refractivity (Wildman–Crippen MR) is 375 cm³/mol. The van der Waals surface area contributed by atoms with Crippen LogP contribution in [0.5, 0.6) is 0 Å². The van der Waals surface area contributed by atoms with Gasteiger partial charge in [0.2, 0.25) is 0 Å². The monoisotopic (exact) mass is 1220 g/mol. The van der Waals surface area contributed by atoms with Crippen LogP contribution in [0, 0.1) is 207 Å². The quantitative estimate of drug-likeness (QED) is 0.168. The minimum atomic E-state index is 0.906. The van der Waals surface area contributed by atoms with Gasteiger partial charge in [0, 0.05) is 0 Å². The Labute approximate surface area is 555 Å². The number of hydrogen-bond donors (Lipinski definition) is 0. The van der Waals surface area contributed by atoms with Crippen molar-refractivity contribution in [3.8, 4) is 0 Å². The lowest BCUT2D eigenvalue weighted by molar-refractivity contribution is -0.565. The summed E-state index contributed by atoms with van der Waals surface area (Å²) >= 11 is 0. The molecule has 502 valence electrons. The number of allylic oxidation sites excluding steroid dienone is 2. The lowest BCUT2D eigenvalue weighted by atomic mass is 9.01. The summed E-state index contributed by atoms with van der Waals surface area (Å²) in [5.74, 6) is 42.6. The summed E-state index contributed by atoms with van der Waals surface area (Å²) in [7, 11) is 0. The molecule has 32 saturated carbocycles. The van der Waals surface area contributed by atoms with E-state index in [-0.39, 0.29) is 0 Å². The summed E-state index contributed by atoms with van der Waals surface area (Å²) in [6.07, 6.45) is 86.5. The van der Waals surface area contributed by atoms with E-state index < -0.39 is 0 Å². The Morgan fingerprint density at radius 1 is 0.189 bits per heavy atom. The molecule has 13 atom stereocenters. The van der Waals surface area contributed by atoms with Crippen LogP contribution in [0.2, 0.25) is 0 Å². The van der Waals surface area contributed by atoms with Gasteiger partial charge in [-0.2, -0.15) is 0 Å². The lowest BCUT2D eigenvalue weighted by Gasteiger charge is -3.03. The molecule has 0 heterocycles. The Morgan fingerprint density at radius 3 is 0.900 bits per heavy atom. The maximum Gasteiger partial charge on any atom is -0.0228 e. The van der Waals surface area contributed by atoms with E-state index in [1.165, 1.54) is 370 Å². The average Bonchev–Trinajstić information content (AvgIpc) is 0.864. The molecule has 33 rings (SSSR count). The molecule has 33 aliphatic rings. The fourth-order valence-electron chi connectivity index (χ4n) is 34.2. The Morgan fingerprint density at radius 2 is 0.544 bits per heavy atom. The fourth-order valence-corrected chi connectivity index (χ4v) is 34.2. The largest absolute Gasteiger partial charge is 0.0851 e. The van der Waals surface area contributed by atoms with Gasteiger partial charge in [0.1, 0.15) is 0 Å². The van der Waals surface area contributed by atoms with Crippen molar-refractivity contribution < 1.29 is 0 Å². The molecule has 0 saturated heterocycles. The van der Waals surface area contributed by atoms with Gasteiger partial charge >= 0.3 is 0 Å². The Hall–Kier alpha value is -0.260. The summed E-state index contributed by atoms with van der Waals surface area (Å²) in [5, 5.41) is 0. The average molecular weight is 1220 g/mol. The van der Waals surface area contributed by atoms with Crippen molar-refractivity contribution in [1.82, 2.24) is 0 Å². The molecule has 1 spiro atoms. The Kier molecular flexibility index (Phi) is 17.4. The smallest absolute Gasteiger partial charge is 0.0228 e. The molecule has 0 N–H and O–H groups in total. The highest BCUT2D eigenvalue weighted by Gasteiger charge is 2.98. The van der Waals surface area contributed by atoms with Crippen molar-refractivity contribution in [2.75, 3.05) is 0 Å². The van der Waals surface area contributed by atoms with Gasteiger partial charge in [-0.25, -0.2) is 0 Å². The summed E-state index contributed by atoms with van der Waals surface area (Å²) in [4.78, 5) is 0. The molecule has 32 fully saturated rings. The van der Waals surface area contributed by atoms with Crippen LogP contribution in [0.3, 0.4) is 0 Å². The molecule has 0 aromatic rings. The molecular formula is C90H142. The molecule has 33 aliphatic carbocycles. The summed E-state index contributed by atoms with van der Waals surface area (Å²) in [6.45, 7) is 0. The Bertz CT molecular complexity index is 2100. The zero-order chi connectivity index (χ0) is 59.0. The molecule has 13 unspecified atom stereocenters. The number of fused-ring (bicyclic) bond motifs is 3. The van der Waals surface area contributed by atoms with Crippen LogP contribution in [-0.4, -0.2) is 0 Å². The highest BCUT2D eigenvalue weighted by molar-refractivity contribution is 5.44. The number of rotatable bonds is 0. The maximum atomic E-state index is 2.38. The van der Waals surface area contributed by atoms with E-state index in [1.807, 2.05) is 0 Å². The minimum absolute atomic E-state index is 0.906. The minimum Gasteiger partial charge on any atom is -0.0851 e. The molecule has 18 bridgehead atoms. The second kappa shape index (κ2) is 25.8. The third-order valence-corrected chi connectivity index (χ3v) is 37.5. The zero-order valence-corrected chi connectivity index (χ0v) is 58.8. The van der Waals surface area contributed by atoms with Crippen molar-refractivity contribution in [1.29, 1.82) is 0 Å². The van der Waals surface area contributed by atoms with Gasteiger partial charge in [0.15, 0.2) is 0 Å². The van der Waals surface area contributed by atoms with E-state index in [9.17, 15) is 0 Å². The molecule has 0 amide bonds. The van der Waals surface area contributed by atoms with Gasteiger partial charge in [-0.15, -0.1) is 0 Å². The van der Waals surface area contributed by atoms with Crippen LogP contribution < -0.4 is 0 Å². The Balaban J connectivity index is 0.0000000719. The van der Waals surface area contributed by atoms with E-state index >= 15 is 0 Å². The van der Waals surface area contributed by atoms with Crippen LogP contribution >= 0.6 is 0 Å². The van der Waals surface area contributed by atoms with Crippen LogP contribution in [0.15, 0.2) is 12.2 Å². The predicted octanol–water partition coefficient (Wildman–Crippen LogP) is 25.4. The maximum absolute atomic E-state index is 2.38. The second-order valence-corrected chi connectivity index (χ2v) is 40.8. The van der Waals surface area contributed by atoms with Crippen LogP contribution in [0.25, 0.3) is 0 Å². The molecule has 0 aromatic heterocycles. The van der Waals surface area contributed by atoms with Gasteiger partial charge in [-0.1, -0.05) is 218 Å². The van der Waals surface area contributed by atoms with Crippen LogP contribution in [0.1, 0.15) is 340 Å². The van der Waals surface area contributed by atoms with E-state index in [1.54, 1.807) is 154 Å². The van der Waals surface area contributed by atoms with Crippen molar-refractivity contribution in [2.24, 2.45) is 207 Å². The molecule has 0 aromatic carbocycles. The molecule has 0 radical (unpaired) electrons. The highest BCUT2D eigenvalue weighted by Crippen LogP contribution is 3.01. The standard InChI is InChI=1S/C11H12.2C11H18.C9H14.C8H8.C8H16.2C7H10.C7H14.C6H12.C5H10/c1-2-4-6-3(1)7-5(2)9-8(4)10(6)11(7)9;1-3-9-7-10-4-2-6-11(10,5-1)8-9;1-2-4-10-9-5-6-11(10)8(3-1)7-9;1-6-2-8-4-7(1)5-9(8)3-6;1-2-5-3(1)7-4(1)6(2)8(5)7;1-2-4-6-8-7-5-3-1;1-4-2-6-5(1)7(6)3-4;1-2-7-4-3-6(1)5-7;1-2-4-6-7-5-3-1;1-2-4-6-5-3-1;1-2-4-5-3-1/h2-11H,1H2;9-10H,1-8H2;8-11H,1-7H2;6-9H,1-5H2;1-8H;1-8H2;4-7H,1-3H2;1-2,6-7H,3-5H2;1-7H2;1-6H2;1-5H2. The van der Waals surface area contributed by atoms with E-state index in [0.29, 0.717) is 0 Å².